The van der Waals surface area contributed by atoms with Gasteiger partial charge in [0.05, 0.1) is 0 Å². The number of carboxylic acid groups (broad SMARTS) is 1. The third-order valence-electron chi connectivity index (χ3n) is 2.41. The van der Waals surface area contributed by atoms with E-state index in [2.05, 4.69) is 0 Å². The summed E-state index contributed by atoms with van der Waals surface area (Å²) in [4.78, 5) is 29.8. The quantitative estimate of drug-likeness (QED) is 0.534. The summed E-state index contributed by atoms with van der Waals surface area (Å²) >= 11 is 0. The fraction of sp³-hybridized carbons (Fsp3) is 0.857. The van der Waals surface area contributed by atoms with Crippen LogP contribution in [0.15, 0.2) is 0 Å². The number of carbonyl (C=O) groups is 1. The van der Waals surface area contributed by atoms with E-state index in [1.54, 1.807) is 0 Å². The highest BCUT2D eigenvalue weighted by molar-refractivity contribution is 7.51. The van der Waals surface area contributed by atoms with Gasteiger partial charge in [0, 0.05) is 6.54 Å². The van der Waals surface area contributed by atoms with E-state index in [4.69, 9.17) is 20.6 Å². The van der Waals surface area contributed by atoms with Gasteiger partial charge in [-0.1, -0.05) is 0 Å². The normalized spacial score (nSPS) is 25.6. The summed E-state index contributed by atoms with van der Waals surface area (Å²) < 4.78 is 10.7. The number of likely N-dealkylation sites (tertiary alicyclic amines) is 1. The number of carboxylic acids is 1. The number of hydrogen-bond acceptors (Lipinski definition) is 4. The predicted octanol–water partition coefficient (Wildman–Crippen LogP) is -0.157. The third-order valence-corrected chi connectivity index (χ3v) is 3.18. The average molecular weight is 311 g/mol. The van der Waals surface area contributed by atoms with Gasteiger partial charge in [0.15, 0.2) is 0 Å². The van der Waals surface area contributed by atoms with E-state index in [1.165, 1.54) is 4.90 Å². The Morgan fingerprint density at radius 3 is 2.35 bits per heavy atom. The van der Waals surface area contributed by atoms with Crippen LogP contribution in [-0.4, -0.2) is 50.7 Å². The number of nitrogens with two attached hydrogens (primary N) is 1. The highest BCUT2D eigenvalue weighted by Crippen LogP contribution is 2.36. The van der Waals surface area contributed by atoms with E-state index < -0.39 is 25.4 Å². The molecule has 0 radical (unpaired) electrons. The van der Waals surface area contributed by atoms with Gasteiger partial charge in [-0.25, -0.2) is 0 Å². The van der Waals surface area contributed by atoms with Crippen molar-refractivity contribution in [3.05, 3.63) is 0 Å². The molecule has 7 nitrogen and oxygen atoms in total. The Labute approximate surface area is 111 Å². The molecular formula is C7H17Cl2N2O5P. The Morgan fingerprint density at radius 2 is 1.94 bits per heavy atom. The zero-order chi connectivity index (χ0) is 11.7. The van der Waals surface area contributed by atoms with Gasteiger partial charge >= 0.3 is 13.6 Å². The van der Waals surface area contributed by atoms with Crippen LogP contribution in [0.2, 0.25) is 0 Å². The molecule has 10 heteroatoms. The van der Waals surface area contributed by atoms with Crippen molar-refractivity contribution in [2.45, 2.75) is 18.4 Å². The van der Waals surface area contributed by atoms with Gasteiger partial charge in [-0.3, -0.25) is 14.3 Å². The number of piperidine rings is 1. The maximum Gasteiger partial charge on any atom is 0.339 e. The molecule has 104 valence electrons. The molecule has 0 spiro atoms. The van der Waals surface area contributed by atoms with Gasteiger partial charge in [-0.05, 0) is 19.4 Å². The number of nitrogens with zero attached hydrogens (tertiary/aromatic N) is 1. The lowest BCUT2D eigenvalue weighted by Crippen LogP contribution is -2.59. The number of aliphatic carboxylic acids is 1. The van der Waals surface area contributed by atoms with Crippen LogP contribution in [0.5, 0.6) is 0 Å². The van der Waals surface area contributed by atoms with E-state index in [-0.39, 0.29) is 31.4 Å². The van der Waals surface area contributed by atoms with Gasteiger partial charge < -0.3 is 20.6 Å². The van der Waals surface area contributed by atoms with E-state index in [0.29, 0.717) is 19.4 Å². The molecule has 17 heavy (non-hydrogen) atoms. The van der Waals surface area contributed by atoms with Crippen LogP contribution in [0.1, 0.15) is 12.8 Å². The summed E-state index contributed by atoms with van der Waals surface area (Å²) in [6, 6.07) is 0. The van der Waals surface area contributed by atoms with Crippen LogP contribution in [0.4, 0.5) is 0 Å². The van der Waals surface area contributed by atoms with Crippen LogP contribution in [-0.2, 0) is 9.36 Å². The maximum absolute atomic E-state index is 10.8. The van der Waals surface area contributed by atoms with Crippen LogP contribution >= 0.6 is 32.4 Å². The largest absolute Gasteiger partial charge is 0.480 e. The second kappa shape index (κ2) is 6.89. The van der Waals surface area contributed by atoms with E-state index >= 15 is 0 Å². The van der Waals surface area contributed by atoms with Gasteiger partial charge in [0.2, 0.25) is 0 Å². The molecule has 0 aromatic rings. The lowest BCUT2D eigenvalue weighted by Gasteiger charge is -2.37. The van der Waals surface area contributed by atoms with Crippen LogP contribution in [0.3, 0.4) is 0 Å². The van der Waals surface area contributed by atoms with E-state index in [0.717, 1.165) is 0 Å². The fourth-order valence-electron chi connectivity index (χ4n) is 1.73. The lowest BCUT2D eigenvalue weighted by molar-refractivity contribution is -0.145. The molecule has 0 aromatic heterocycles. The minimum Gasteiger partial charge on any atom is -0.480 e. The first-order chi connectivity index (χ1) is 6.73. The van der Waals surface area contributed by atoms with Crippen molar-refractivity contribution in [2.24, 2.45) is 5.73 Å². The molecule has 1 aliphatic heterocycles. The highest BCUT2D eigenvalue weighted by Gasteiger charge is 2.39. The summed E-state index contributed by atoms with van der Waals surface area (Å²) in [5.41, 5.74) is 4.24. The molecule has 0 saturated carbocycles. The number of halogens is 2. The van der Waals surface area contributed by atoms with Crippen LogP contribution in [0, 0.1) is 0 Å². The molecule has 0 aromatic carbocycles. The second-order valence-electron chi connectivity index (χ2n) is 3.92. The average Bonchev–Trinajstić information content (AvgIpc) is 2.00. The fourth-order valence-corrected chi connectivity index (χ4v) is 2.49. The molecule has 1 aliphatic rings. The minimum absolute atomic E-state index is 0. The topological polar surface area (TPSA) is 124 Å². The summed E-state index contributed by atoms with van der Waals surface area (Å²) in [6.07, 6.45) is 0.433. The van der Waals surface area contributed by atoms with Gasteiger partial charge in [0.1, 0.15) is 11.8 Å². The van der Waals surface area contributed by atoms with Crippen molar-refractivity contribution in [2.75, 3.05) is 19.4 Å². The molecule has 0 amide bonds. The first-order valence-electron chi connectivity index (χ1n) is 4.52. The molecule has 1 fully saturated rings. The smallest absolute Gasteiger partial charge is 0.339 e. The zero-order valence-electron chi connectivity index (χ0n) is 8.98. The van der Waals surface area contributed by atoms with Gasteiger partial charge in [0.25, 0.3) is 0 Å². The molecule has 0 bridgehead atoms. The molecule has 1 heterocycles. The summed E-state index contributed by atoms with van der Waals surface area (Å²) in [5, 5.41) is 8.87. The van der Waals surface area contributed by atoms with Crippen molar-refractivity contribution < 1.29 is 24.3 Å². The first-order valence-corrected chi connectivity index (χ1v) is 6.32. The molecule has 1 unspecified atom stereocenters. The number of hydrogen-bond donors (Lipinski definition) is 4. The number of rotatable bonds is 3. The van der Waals surface area contributed by atoms with Crippen molar-refractivity contribution in [3.8, 4) is 0 Å². The van der Waals surface area contributed by atoms with Crippen LogP contribution in [0.25, 0.3) is 0 Å². The predicted molar refractivity (Wildman–Crippen MR) is 66.8 cm³/mol. The summed E-state index contributed by atoms with van der Waals surface area (Å²) in [5.74, 6) is -1.13. The molecule has 1 atom stereocenters. The summed E-state index contributed by atoms with van der Waals surface area (Å²) in [6.45, 7) is 0.449. The minimum atomic E-state index is -4.14. The Kier molecular flexibility index (Phi) is 7.89. The Balaban J connectivity index is 0. The maximum atomic E-state index is 10.8. The Morgan fingerprint density at radius 1 is 1.41 bits per heavy atom. The SMILES string of the molecule is Cl.Cl.NC1(C(=O)O)CCCN(CP(=O)(O)O)C1. The monoisotopic (exact) mass is 310 g/mol. The first kappa shape index (κ1) is 19.5. The van der Waals surface area contributed by atoms with Gasteiger partial charge in [-0.2, -0.15) is 0 Å². The Bertz CT molecular complexity index is 313. The van der Waals surface area contributed by atoms with E-state index in [9.17, 15) is 9.36 Å². The second-order valence-corrected chi connectivity index (χ2v) is 5.54. The molecule has 0 aliphatic carbocycles. The van der Waals surface area contributed by atoms with Crippen molar-refractivity contribution >= 4 is 38.4 Å². The highest BCUT2D eigenvalue weighted by atomic mass is 35.5. The van der Waals surface area contributed by atoms with Gasteiger partial charge in [-0.15, -0.1) is 24.8 Å². The van der Waals surface area contributed by atoms with Crippen LogP contribution < -0.4 is 5.73 Å². The standard InChI is InChI=1S/C7H15N2O5P.2ClH/c8-7(6(10)11)2-1-3-9(4-7)5-15(12,13)14;;/h1-5,8H2,(H,10,11)(H2,12,13,14);2*1H. The lowest BCUT2D eigenvalue weighted by atomic mass is 9.91. The zero-order valence-corrected chi connectivity index (χ0v) is 11.5. The molecule has 5 N–H and O–H groups in total. The molecule has 1 saturated heterocycles. The molecular weight excluding hydrogens is 294 g/mol. The van der Waals surface area contributed by atoms with Crippen molar-refractivity contribution in [1.29, 1.82) is 0 Å². The molecule has 1 rings (SSSR count). The van der Waals surface area contributed by atoms with Crippen molar-refractivity contribution in [1.82, 2.24) is 4.90 Å². The third kappa shape index (κ3) is 6.01. The van der Waals surface area contributed by atoms with E-state index in [1.807, 2.05) is 0 Å². The Hall–Kier alpha value is 0.120. The van der Waals surface area contributed by atoms with Crippen molar-refractivity contribution in [3.63, 3.8) is 0 Å². The summed E-state index contributed by atoms with van der Waals surface area (Å²) in [7, 11) is -4.14.